The molecule has 1 saturated heterocycles. The van der Waals surface area contributed by atoms with Crippen LogP contribution in [0.1, 0.15) is 76.2 Å². The van der Waals surface area contributed by atoms with Gasteiger partial charge in [0.2, 0.25) is 0 Å². The highest BCUT2D eigenvalue weighted by Gasteiger charge is 2.33. The molecule has 43 heavy (non-hydrogen) atoms. The molecule has 230 valence electrons. The third-order valence-corrected chi connectivity index (χ3v) is 9.70. The van der Waals surface area contributed by atoms with Gasteiger partial charge in [0.25, 0.3) is 0 Å². The first-order valence-electron chi connectivity index (χ1n) is 15.3. The molecule has 1 fully saturated rings. The van der Waals surface area contributed by atoms with Crippen molar-refractivity contribution in [1.82, 2.24) is 35.1 Å². The van der Waals surface area contributed by atoms with Crippen LogP contribution in [0.3, 0.4) is 0 Å². The van der Waals surface area contributed by atoms with Gasteiger partial charge in [-0.1, -0.05) is 25.5 Å². The fraction of sp³-hybridized carbons (Fsp3) is 0.485. The number of aromatic nitrogens is 4. The number of hydrogen-bond acceptors (Lipinski definition) is 8. The molecule has 0 radical (unpaired) electrons. The summed E-state index contributed by atoms with van der Waals surface area (Å²) in [5.74, 6) is 1.46. The van der Waals surface area contributed by atoms with Crippen molar-refractivity contribution >= 4 is 17.3 Å². The molecular weight excluding hydrogens is 558 g/mol. The van der Waals surface area contributed by atoms with Crippen LogP contribution >= 0.6 is 11.3 Å². The van der Waals surface area contributed by atoms with Gasteiger partial charge in [-0.05, 0) is 78.9 Å². The molecule has 10 heteroatoms. The van der Waals surface area contributed by atoms with Crippen molar-refractivity contribution in [1.29, 1.82) is 0 Å². The lowest BCUT2D eigenvalue weighted by atomic mass is 9.74. The van der Waals surface area contributed by atoms with Crippen molar-refractivity contribution in [3.05, 3.63) is 93.2 Å². The average Bonchev–Trinajstić information content (AvgIpc) is 3.80. The van der Waals surface area contributed by atoms with E-state index in [-0.39, 0.29) is 5.97 Å². The molecule has 3 N–H and O–H groups in total. The molecule has 1 aromatic carbocycles. The van der Waals surface area contributed by atoms with Gasteiger partial charge in [0, 0.05) is 55.8 Å². The predicted octanol–water partition coefficient (Wildman–Crippen LogP) is 5.66. The molecule has 4 heterocycles. The first-order chi connectivity index (χ1) is 21.0. The number of ether oxygens (including phenoxy) is 1. The number of aromatic amines is 2. The third-order valence-electron chi connectivity index (χ3n) is 8.69. The van der Waals surface area contributed by atoms with E-state index in [4.69, 9.17) is 4.74 Å². The summed E-state index contributed by atoms with van der Waals surface area (Å²) in [7, 11) is 1.45. The summed E-state index contributed by atoms with van der Waals surface area (Å²) < 4.78 is 5.21. The van der Waals surface area contributed by atoms with Gasteiger partial charge in [0.15, 0.2) is 0 Å². The lowest BCUT2D eigenvalue weighted by molar-refractivity contribution is 0.0598. The van der Waals surface area contributed by atoms with Crippen molar-refractivity contribution < 1.29 is 9.53 Å². The van der Waals surface area contributed by atoms with Crippen molar-refractivity contribution in [2.45, 2.75) is 72.3 Å². The van der Waals surface area contributed by atoms with Gasteiger partial charge >= 0.3 is 5.97 Å². The summed E-state index contributed by atoms with van der Waals surface area (Å²) in [6.45, 7) is 11.3. The van der Waals surface area contributed by atoms with Crippen LogP contribution in [0.2, 0.25) is 0 Å². The first-order valence-corrected chi connectivity index (χ1v) is 16.2. The normalized spacial score (nSPS) is 15.3. The molecule has 0 bridgehead atoms. The largest absolute Gasteiger partial charge is 0.465 e. The fourth-order valence-corrected chi connectivity index (χ4v) is 7.20. The Labute approximate surface area is 259 Å². The molecule has 0 aliphatic carbocycles. The van der Waals surface area contributed by atoms with E-state index in [1.807, 2.05) is 29.8 Å². The van der Waals surface area contributed by atoms with Crippen LogP contribution in [0, 0.1) is 12.3 Å². The number of aryl methyl sites for hydroxylation is 1. The SMILES string of the molecule is CCCC1(CNCc2ccc(CN(Cc3ncc[nH]3)Cc3ncc[nH]3)cc2C(=O)OC)CCN(Cc2sccc2C)CC1. The Morgan fingerprint density at radius 2 is 1.81 bits per heavy atom. The van der Waals surface area contributed by atoms with E-state index in [0.717, 1.165) is 49.0 Å². The standard InChI is InChI=1S/C33H45N7O2S/c1-4-8-33(9-15-39(16-10-33)21-29-25(2)7-17-43-29)24-34-19-27-6-5-26(18-28(27)32(41)42-3)20-40(22-30-35-11-12-36-30)23-31-37-13-14-38-31/h5-7,11-14,17-18,34H,4,8-10,15-16,19-24H2,1-3H3,(H,35,36)(H,37,38). The van der Waals surface area contributed by atoms with Crippen LogP contribution < -0.4 is 5.32 Å². The number of carbonyl (C=O) groups excluding carboxylic acids is 1. The van der Waals surface area contributed by atoms with Crippen molar-refractivity contribution in [2.24, 2.45) is 5.41 Å². The second kappa shape index (κ2) is 14.9. The first kappa shape index (κ1) is 31.1. The second-order valence-electron chi connectivity index (χ2n) is 11.9. The van der Waals surface area contributed by atoms with E-state index in [1.165, 1.54) is 43.2 Å². The van der Waals surface area contributed by atoms with Crippen LogP contribution in [-0.4, -0.2) is 62.4 Å². The van der Waals surface area contributed by atoms with Crippen molar-refractivity contribution in [3.63, 3.8) is 0 Å². The molecule has 9 nitrogen and oxygen atoms in total. The van der Waals surface area contributed by atoms with E-state index in [0.29, 0.717) is 37.2 Å². The van der Waals surface area contributed by atoms with Crippen molar-refractivity contribution in [3.8, 4) is 0 Å². The van der Waals surface area contributed by atoms with Gasteiger partial charge in [-0.3, -0.25) is 9.80 Å². The topological polar surface area (TPSA) is 102 Å². The minimum atomic E-state index is -0.303. The Bertz CT molecular complexity index is 1370. The minimum absolute atomic E-state index is 0.291. The number of esters is 1. The maximum atomic E-state index is 12.9. The zero-order valence-corrected chi connectivity index (χ0v) is 26.5. The summed E-state index contributed by atoms with van der Waals surface area (Å²) in [6, 6.07) is 8.40. The third kappa shape index (κ3) is 8.41. The highest BCUT2D eigenvalue weighted by molar-refractivity contribution is 7.10. The summed E-state index contributed by atoms with van der Waals surface area (Å²) in [5.41, 5.74) is 4.33. The Morgan fingerprint density at radius 1 is 1.09 bits per heavy atom. The summed E-state index contributed by atoms with van der Waals surface area (Å²) in [5, 5.41) is 5.95. The highest BCUT2D eigenvalue weighted by atomic mass is 32.1. The van der Waals surface area contributed by atoms with Crippen LogP contribution in [0.4, 0.5) is 0 Å². The van der Waals surface area contributed by atoms with Gasteiger partial charge in [0.1, 0.15) is 11.6 Å². The Morgan fingerprint density at radius 3 is 2.40 bits per heavy atom. The molecule has 1 aliphatic heterocycles. The molecule has 0 spiro atoms. The van der Waals surface area contributed by atoms with Gasteiger partial charge in [-0.25, -0.2) is 14.8 Å². The van der Waals surface area contributed by atoms with E-state index >= 15 is 0 Å². The lowest BCUT2D eigenvalue weighted by Gasteiger charge is -2.42. The molecule has 1 aliphatic rings. The number of nitrogens with zero attached hydrogens (tertiary/aromatic N) is 4. The second-order valence-corrected chi connectivity index (χ2v) is 12.9. The number of nitrogens with one attached hydrogen (secondary N) is 3. The van der Waals surface area contributed by atoms with E-state index in [1.54, 1.807) is 12.4 Å². The van der Waals surface area contributed by atoms with Crippen LogP contribution in [0.15, 0.2) is 54.4 Å². The number of methoxy groups -OCH3 is 1. The fourth-order valence-electron chi connectivity index (χ4n) is 6.26. The maximum Gasteiger partial charge on any atom is 0.338 e. The van der Waals surface area contributed by atoms with Gasteiger partial charge in [0.05, 0.1) is 25.8 Å². The van der Waals surface area contributed by atoms with E-state index in [2.05, 4.69) is 72.5 Å². The summed E-state index contributed by atoms with van der Waals surface area (Å²) >= 11 is 1.87. The van der Waals surface area contributed by atoms with Crippen LogP contribution in [-0.2, 0) is 37.5 Å². The zero-order valence-electron chi connectivity index (χ0n) is 25.7. The summed E-state index contributed by atoms with van der Waals surface area (Å²) in [4.78, 5) is 34.4. The Kier molecular flexibility index (Phi) is 10.8. The number of thiophene rings is 1. The predicted molar refractivity (Wildman–Crippen MR) is 171 cm³/mol. The Hall–Kier alpha value is -3.31. The lowest BCUT2D eigenvalue weighted by Crippen LogP contribution is -2.44. The zero-order chi connectivity index (χ0) is 30.1. The van der Waals surface area contributed by atoms with Gasteiger partial charge in [-0.2, -0.15) is 0 Å². The van der Waals surface area contributed by atoms with Gasteiger partial charge in [-0.15, -0.1) is 11.3 Å². The summed E-state index contributed by atoms with van der Waals surface area (Å²) in [6.07, 6.45) is 12.0. The molecule has 0 amide bonds. The minimum Gasteiger partial charge on any atom is -0.465 e. The monoisotopic (exact) mass is 603 g/mol. The molecule has 3 aromatic heterocycles. The quantitative estimate of drug-likeness (QED) is 0.151. The molecule has 0 saturated carbocycles. The van der Waals surface area contributed by atoms with Crippen LogP contribution in [0.5, 0.6) is 0 Å². The van der Waals surface area contributed by atoms with E-state index < -0.39 is 0 Å². The molecule has 4 aromatic rings. The number of piperidine rings is 1. The number of benzene rings is 1. The number of rotatable bonds is 15. The van der Waals surface area contributed by atoms with Crippen molar-refractivity contribution in [2.75, 3.05) is 26.7 Å². The number of likely N-dealkylation sites (tertiary alicyclic amines) is 1. The number of imidazole rings is 2. The smallest absolute Gasteiger partial charge is 0.338 e. The number of carbonyl (C=O) groups is 1. The van der Waals surface area contributed by atoms with E-state index in [9.17, 15) is 4.79 Å². The molecule has 0 unspecified atom stereocenters. The Balaban J connectivity index is 1.22. The highest BCUT2D eigenvalue weighted by Crippen LogP contribution is 2.36. The van der Waals surface area contributed by atoms with Gasteiger partial charge < -0.3 is 20.0 Å². The number of H-pyrrole nitrogens is 2. The molecule has 0 atom stereocenters. The average molecular weight is 604 g/mol. The molecule has 5 rings (SSSR count). The van der Waals surface area contributed by atoms with Crippen LogP contribution in [0.25, 0.3) is 0 Å². The number of hydrogen-bond donors (Lipinski definition) is 3. The maximum absolute atomic E-state index is 12.9. The molecular formula is C33H45N7O2S.